The molecule has 0 radical (unpaired) electrons. The lowest BCUT2D eigenvalue weighted by atomic mass is 10.0. The standard InChI is InChI=1S/C16H22N4O3/c1-15(2,21)13-11(18)7-9(8-19-13)23-12-6-5-10(17)14(20-12)16(3,4)22/h5-8,21-22H,17-18H2,1-4H3. The van der Waals surface area contributed by atoms with Gasteiger partial charge in [0.05, 0.1) is 29.0 Å². The monoisotopic (exact) mass is 318 g/mol. The van der Waals surface area contributed by atoms with E-state index in [9.17, 15) is 10.2 Å². The van der Waals surface area contributed by atoms with E-state index in [-0.39, 0.29) is 5.88 Å². The molecule has 0 atom stereocenters. The van der Waals surface area contributed by atoms with Gasteiger partial charge in [-0.25, -0.2) is 4.98 Å². The largest absolute Gasteiger partial charge is 0.437 e. The van der Waals surface area contributed by atoms with Crippen molar-refractivity contribution in [1.29, 1.82) is 0 Å². The second-order valence-corrected chi connectivity index (χ2v) is 6.42. The molecule has 2 aromatic heterocycles. The molecule has 2 heterocycles. The molecule has 2 aromatic rings. The van der Waals surface area contributed by atoms with Crippen molar-refractivity contribution < 1.29 is 14.9 Å². The first-order valence-electron chi connectivity index (χ1n) is 7.14. The minimum atomic E-state index is -1.19. The van der Waals surface area contributed by atoms with Crippen molar-refractivity contribution in [2.24, 2.45) is 0 Å². The van der Waals surface area contributed by atoms with Crippen molar-refractivity contribution in [1.82, 2.24) is 9.97 Å². The molecule has 0 saturated heterocycles. The molecule has 0 aliphatic rings. The smallest absolute Gasteiger partial charge is 0.219 e. The Labute approximate surface area is 134 Å². The molecule has 0 aliphatic heterocycles. The van der Waals surface area contributed by atoms with Crippen LogP contribution in [-0.4, -0.2) is 20.2 Å². The van der Waals surface area contributed by atoms with E-state index in [1.807, 2.05) is 0 Å². The normalized spacial score (nSPS) is 12.3. The van der Waals surface area contributed by atoms with Crippen molar-refractivity contribution in [3.63, 3.8) is 0 Å². The maximum absolute atomic E-state index is 10.1. The summed E-state index contributed by atoms with van der Waals surface area (Å²) in [6.07, 6.45) is 1.45. The van der Waals surface area contributed by atoms with Crippen molar-refractivity contribution in [2.75, 3.05) is 11.5 Å². The first-order valence-corrected chi connectivity index (χ1v) is 7.14. The summed E-state index contributed by atoms with van der Waals surface area (Å²) < 4.78 is 5.62. The fourth-order valence-electron chi connectivity index (χ4n) is 2.15. The van der Waals surface area contributed by atoms with Gasteiger partial charge in [0.1, 0.15) is 17.0 Å². The molecule has 23 heavy (non-hydrogen) atoms. The lowest BCUT2D eigenvalue weighted by Crippen LogP contribution is -2.20. The van der Waals surface area contributed by atoms with Crippen molar-refractivity contribution in [3.05, 3.63) is 35.8 Å². The number of rotatable bonds is 4. The summed E-state index contributed by atoms with van der Waals surface area (Å²) in [4.78, 5) is 8.36. The average molecular weight is 318 g/mol. The van der Waals surface area contributed by atoms with Gasteiger partial charge in [-0.3, -0.25) is 4.98 Å². The Balaban J connectivity index is 2.32. The Morgan fingerprint density at radius 1 is 0.957 bits per heavy atom. The van der Waals surface area contributed by atoms with Gasteiger partial charge in [-0.15, -0.1) is 0 Å². The van der Waals surface area contributed by atoms with Crippen LogP contribution in [0, 0.1) is 0 Å². The average Bonchev–Trinajstić information content (AvgIpc) is 2.38. The van der Waals surface area contributed by atoms with Crippen LogP contribution in [0.2, 0.25) is 0 Å². The fraction of sp³-hybridized carbons (Fsp3) is 0.375. The van der Waals surface area contributed by atoms with Gasteiger partial charge in [0.2, 0.25) is 5.88 Å². The number of nitrogens with two attached hydrogens (primary N) is 2. The second kappa shape index (κ2) is 5.68. The molecule has 0 saturated carbocycles. The number of hydrogen-bond donors (Lipinski definition) is 4. The molecule has 0 fully saturated rings. The Kier molecular flexibility index (Phi) is 4.19. The predicted octanol–water partition coefficient (Wildman–Crippen LogP) is 1.89. The molecule has 0 amide bonds. The van der Waals surface area contributed by atoms with Gasteiger partial charge < -0.3 is 26.4 Å². The van der Waals surface area contributed by atoms with Crippen LogP contribution in [0.3, 0.4) is 0 Å². The third-order valence-corrected chi connectivity index (χ3v) is 3.17. The summed E-state index contributed by atoms with van der Waals surface area (Å²) in [6, 6.07) is 4.75. The highest BCUT2D eigenvalue weighted by Crippen LogP contribution is 2.30. The van der Waals surface area contributed by atoms with Crippen LogP contribution in [0.5, 0.6) is 11.6 Å². The SMILES string of the molecule is CC(C)(O)c1ncc(Oc2ccc(N)c(C(C)(C)O)n2)cc1N. The molecule has 6 N–H and O–H groups in total. The summed E-state index contributed by atoms with van der Waals surface area (Å²) >= 11 is 0. The van der Waals surface area contributed by atoms with Crippen molar-refractivity contribution in [3.8, 4) is 11.6 Å². The quantitative estimate of drug-likeness (QED) is 0.677. The highest BCUT2D eigenvalue weighted by molar-refractivity contribution is 5.51. The number of aromatic nitrogens is 2. The van der Waals surface area contributed by atoms with E-state index >= 15 is 0 Å². The van der Waals surface area contributed by atoms with Crippen LogP contribution >= 0.6 is 0 Å². The zero-order chi connectivity index (χ0) is 17.4. The van der Waals surface area contributed by atoms with Crippen LogP contribution < -0.4 is 16.2 Å². The van der Waals surface area contributed by atoms with E-state index in [2.05, 4.69) is 9.97 Å². The highest BCUT2D eigenvalue weighted by atomic mass is 16.5. The Morgan fingerprint density at radius 2 is 1.57 bits per heavy atom. The molecular formula is C16H22N4O3. The molecule has 0 spiro atoms. The molecule has 7 nitrogen and oxygen atoms in total. The van der Waals surface area contributed by atoms with Gasteiger partial charge in [-0.1, -0.05) is 0 Å². The van der Waals surface area contributed by atoms with E-state index in [0.29, 0.717) is 28.5 Å². The van der Waals surface area contributed by atoms with Crippen LogP contribution in [0.1, 0.15) is 39.1 Å². The summed E-state index contributed by atoms with van der Waals surface area (Å²) in [5, 5.41) is 20.0. The molecule has 0 aromatic carbocycles. The number of aliphatic hydroxyl groups is 2. The van der Waals surface area contributed by atoms with Crippen LogP contribution in [0.4, 0.5) is 11.4 Å². The molecule has 124 valence electrons. The summed E-state index contributed by atoms with van der Waals surface area (Å²) in [5.41, 5.74) is 10.8. The van der Waals surface area contributed by atoms with Gasteiger partial charge >= 0.3 is 0 Å². The molecule has 0 bridgehead atoms. The van der Waals surface area contributed by atoms with Crippen LogP contribution in [0.25, 0.3) is 0 Å². The first-order chi connectivity index (χ1) is 10.5. The molecule has 0 unspecified atom stereocenters. The number of hydrogen-bond acceptors (Lipinski definition) is 7. The summed E-state index contributed by atoms with van der Waals surface area (Å²) in [5.74, 6) is 0.628. The lowest BCUT2D eigenvalue weighted by Gasteiger charge is -2.20. The lowest BCUT2D eigenvalue weighted by molar-refractivity contribution is 0.0735. The zero-order valence-corrected chi connectivity index (χ0v) is 13.7. The van der Waals surface area contributed by atoms with E-state index < -0.39 is 11.2 Å². The van der Waals surface area contributed by atoms with Crippen LogP contribution in [-0.2, 0) is 11.2 Å². The second-order valence-electron chi connectivity index (χ2n) is 6.42. The number of nitrogens with zero attached hydrogens (tertiary/aromatic N) is 2. The van der Waals surface area contributed by atoms with Gasteiger partial charge in [-0.2, -0.15) is 0 Å². The molecular weight excluding hydrogens is 296 g/mol. The van der Waals surface area contributed by atoms with Gasteiger partial charge in [-0.05, 0) is 33.8 Å². The molecule has 2 rings (SSSR count). The van der Waals surface area contributed by atoms with E-state index in [1.54, 1.807) is 45.9 Å². The maximum Gasteiger partial charge on any atom is 0.219 e. The van der Waals surface area contributed by atoms with E-state index in [4.69, 9.17) is 16.2 Å². The number of anilines is 2. The van der Waals surface area contributed by atoms with Gasteiger partial charge in [0, 0.05) is 12.1 Å². The topological polar surface area (TPSA) is 128 Å². The van der Waals surface area contributed by atoms with E-state index in [0.717, 1.165) is 0 Å². The molecule has 0 aliphatic carbocycles. The highest BCUT2D eigenvalue weighted by Gasteiger charge is 2.23. The summed E-state index contributed by atoms with van der Waals surface area (Å²) in [6.45, 7) is 6.38. The number of pyridine rings is 2. The fourth-order valence-corrected chi connectivity index (χ4v) is 2.15. The Morgan fingerprint density at radius 3 is 2.09 bits per heavy atom. The number of ether oxygens (including phenoxy) is 1. The van der Waals surface area contributed by atoms with Gasteiger partial charge in [0.25, 0.3) is 0 Å². The van der Waals surface area contributed by atoms with E-state index in [1.165, 1.54) is 6.20 Å². The Bertz CT molecular complexity index is 718. The maximum atomic E-state index is 10.1. The summed E-state index contributed by atoms with van der Waals surface area (Å²) in [7, 11) is 0. The third kappa shape index (κ3) is 3.88. The number of nitrogen functional groups attached to an aromatic ring is 2. The van der Waals surface area contributed by atoms with Gasteiger partial charge in [0.15, 0.2) is 0 Å². The zero-order valence-electron chi connectivity index (χ0n) is 13.7. The molecule has 7 heteroatoms. The minimum absolute atomic E-state index is 0.258. The predicted molar refractivity (Wildman–Crippen MR) is 87.9 cm³/mol. The van der Waals surface area contributed by atoms with Crippen molar-refractivity contribution in [2.45, 2.75) is 38.9 Å². The van der Waals surface area contributed by atoms with Crippen molar-refractivity contribution >= 4 is 11.4 Å². The van der Waals surface area contributed by atoms with Crippen LogP contribution in [0.15, 0.2) is 24.4 Å². The first kappa shape index (κ1) is 17.0. The minimum Gasteiger partial charge on any atom is -0.437 e. The third-order valence-electron chi connectivity index (χ3n) is 3.17. The Hall–Kier alpha value is -2.38.